The second-order valence-electron chi connectivity index (χ2n) is 5.54. The Morgan fingerprint density at radius 3 is 2.56 bits per heavy atom. The Morgan fingerprint density at radius 1 is 1.11 bits per heavy atom. The van der Waals surface area contributed by atoms with Gasteiger partial charge in [-0.2, -0.15) is 0 Å². The number of benzene rings is 2. The van der Waals surface area contributed by atoms with Crippen molar-refractivity contribution >= 4 is 17.9 Å². The van der Waals surface area contributed by atoms with Crippen LogP contribution in [0.25, 0.3) is 6.08 Å². The molecule has 1 aliphatic heterocycles. The van der Waals surface area contributed by atoms with Gasteiger partial charge < -0.3 is 18.9 Å². The summed E-state index contributed by atoms with van der Waals surface area (Å²) in [6.45, 7) is 3.95. The SMILES string of the molecule is C=CCOc1c(/C=C2/N=C(c3ccc(OC)cc3)OC2=O)cccc1OC. The van der Waals surface area contributed by atoms with E-state index in [9.17, 15) is 4.79 Å². The Bertz CT molecular complexity index is 913. The number of carbonyl (C=O) groups is 1. The average molecular weight is 365 g/mol. The van der Waals surface area contributed by atoms with Gasteiger partial charge in [0.2, 0.25) is 5.90 Å². The van der Waals surface area contributed by atoms with Gasteiger partial charge in [-0.3, -0.25) is 0 Å². The van der Waals surface area contributed by atoms with Crippen molar-refractivity contribution in [3.63, 3.8) is 0 Å². The van der Waals surface area contributed by atoms with Crippen LogP contribution in [0, 0.1) is 0 Å². The molecule has 27 heavy (non-hydrogen) atoms. The molecule has 0 radical (unpaired) electrons. The van der Waals surface area contributed by atoms with Crippen LogP contribution in [0.4, 0.5) is 0 Å². The third-order valence-corrected chi connectivity index (χ3v) is 3.82. The molecule has 0 saturated carbocycles. The van der Waals surface area contributed by atoms with Gasteiger partial charge >= 0.3 is 5.97 Å². The van der Waals surface area contributed by atoms with Crippen molar-refractivity contribution in [3.05, 3.63) is 71.9 Å². The van der Waals surface area contributed by atoms with Gasteiger partial charge in [0.05, 0.1) is 14.2 Å². The first-order valence-corrected chi connectivity index (χ1v) is 8.24. The number of nitrogens with zero attached hydrogens (tertiary/aromatic N) is 1. The van der Waals surface area contributed by atoms with Gasteiger partial charge in [0.15, 0.2) is 17.2 Å². The highest BCUT2D eigenvalue weighted by Gasteiger charge is 2.25. The van der Waals surface area contributed by atoms with E-state index in [0.717, 1.165) is 0 Å². The zero-order valence-corrected chi connectivity index (χ0v) is 15.1. The van der Waals surface area contributed by atoms with E-state index in [-0.39, 0.29) is 11.6 Å². The van der Waals surface area contributed by atoms with Gasteiger partial charge in [0, 0.05) is 11.1 Å². The Kier molecular flexibility index (Phi) is 5.56. The normalized spacial score (nSPS) is 14.5. The fourth-order valence-electron chi connectivity index (χ4n) is 2.52. The van der Waals surface area contributed by atoms with Gasteiger partial charge in [-0.15, -0.1) is 0 Å². The van der Waals surface area contributed by atoms with Crippen LogP contribution in [0.3, 0.4) is 0 Å². The second-order valence-corrected chi connectivity index (χ2v) is 5.54. The van der Waals surface area contributed by atoms with E-state index in [1.54, 1.807) is 62.8 Å². The predicted molar refractivity (Wildman–Crippen MR) is 102 cm³/mol. The number of carbonyl (C=O) groups excluding carboxylic acids is 1. The molecule has 0 aliphatic carbocycles. The summed E-state index contributed by atoms with van der Waals surface area (Å²) >= 11 is 0. The first-order chi connectivity index (χ1) is 13.2. The summed E-state index contributed by atoms with van der Waals surface area (Å²) in [5.41, 5.74) is 1.52. The Labute approximate surface area is 157 Å². The number of methoxy groups -OCH3 is 2. The highest BCUT2D eigenvalue weighted by molar-refractivity contribution is 6.13. The van der Waals surface area contributed by atoms with E-state index in [4.69, 9.17) is 18.9 Å². The minimum Gasteiger partial charge on any atom is -0.497 e. The van der Waals surface area contributed by atoms with Crippen LogP contribution in [0.2, 0.25) is 0 Å². The number of esters is 1. The first kappa shape index (κ1) is 18.3. The lowest BCUT2D eigenvalue weighted by atomic mass is 10.1. The molecule has 2 aromatic rings. The number of cyclic esters (lactones) is 1. The van der Waals surface area contributed by atoms with E-state index >= 15 is 0 Å². The third kappa shape index (κ3) is 4.00. The highest BCUT2D eigenvalue weighted by atomic mass is 16.6. The molecular weight excluding hydrogens is 346 g/mol. The van der Waals surface area contributed by atoms with Crippen molar-refractivity contribution in [3.8, 4) is 17.2 Å². The summed E-state index contributed by atoms with van der Waals surface area (Å²) in [5.74, 6) is 1.48. The Hall–Kier alpha value is -3.54. The van der Waals surface area contributed by atoms with Crippen LogP contribution in [0.1, 0.15) is 11.1 Å². The maximum Gasteiger partial charge on any atom is 0.363 e. The predicted octanol–water partition coefficient (Wildman–Crippen LogP) is 3.61. The summed E-state index contributed by atoms with van der Waals surface area (Å²) in [6, 6.07) is 12.5. The molecule has 1 aliphatic rings. The molecule has 2 aromatic carbocycles. The summed E-state index contributed by atoms with van der Waals surface area (Å²) in [6.07, 6.45) is 3.24. The van der Waals surface area contributed by atoms with Crippen LogP contribution < -0.4 is 14.2 Å². The minimum absolute atomic E-state index is 0.178. The second kappa shape index (κ2) is 8.23. The Morgan fingerprint density at radius 2 is 1.89 bits per heavy atom. The molecule has 1 heterocycles. The van der Waals surface area contributed by atoms with E-state index in [1.165, 1.54) is 0 Å². The average Bonchev–Trinajstić information content (AvgIpc) is 3.07. The molecule has 138 valence electrons. The largest absolute Gasteiger partial charge is 0.497 e. The van der Waals surface area contributed by atoms with Crippen molar-refractivity contribution < 1.29 is 23.7 Å². The minimum atomic E-state index is -0.529. The molecule has 0 spiro atoms. The summed E-state index contributed by atoms with van der Waals surface area (Å²) in [5, 5.41) is 0. The highest BCUT2D eigenvalue weighted by Crippen LogP contribution is 2.33. The lowest BCUT2D eigenvalue weighted by Gasteiger charge is -2.12. The molecule has 0 amide bonds. The smallest absolute Gasteiger partial charge is 0.363 e. The van der Waals surface area contributed by atoms with Crippen molar-refractivity contribution in [2.75, 3.05) is 20.8 Å². The fraction of sp³-hybridized carbons (Fsp3) is 0.143. The van der Waals surface area contributed by atoms with Crippen LogP contribution in [-0.4, -0.2) is 32.7 Å². The van der Waals surface area contributed by atoms with Crippen molar-refractivity contribution in [2.24, 2.45) is 4.99 Å². The van der Waals surface area contributed by atoms with Crippen LogP contribution in [0.5, 0.6) is 17.2 Å². The standard InChI is InChI=1S/C21H19NO5/c1-4-12-26-19-15(6-5-7-18(19)25-3)13-17-21(23)27-20(22-17)14-8-10-16(24-2)11-9-14/h4-11,13H,1,12H2,2-3H3/b17-13+. The molecule has 0 fully saturated rings. The van der Waals surface area contributed by atoms with Crippen LogP contribution in [0.15, 0.2) is 65.8 Å². The molecular formula is C21H19NO5. The van der Waals surface area contributed by atoms with Gasteiger partial charge in [-0.1, -0.05) is 24.8 Å². The molecule has 6 nitrogen and oxygen atoms in total. The summed E-state index contributed by atoms with van der Waals surface area (Å²) < 4.78 is 21.4. The molecule has 0 unspecified atom stereocenters. The molecule has 0 N–H and O–H groups in total. The molecule has 0 saturated heterocycles. The molecule has 6 heteroatoms. The quantitative estimate of drug-likeness (QED) is 0.426. The number of hydrogen-bond donors (Lipinski definition) is 0. The van der Waals surface area contributed by atoms with E-state index in [0.29, 0.717) is 35.0 Å². The van der Waals surface area contributed by atoms with E-state index in [2.05, 4.69) is 11.6 Å². The number of hydrogen-bond acceptors (Lipinski definition) is 6. The monoisotopic (exact) mass is 365 g/mol. The van der Waals surface area contributed by atoms with Crippen LogP contribution in [-0.2, 0) is 9.53 Å². The Balaban J connectivity index is 1.95. The zero-order chi connectivity index (χ0) is 19.2. The van der Waals surface area contributed by atoms with Gasteiger partial charge in [-0.25, -0.2) is 9.79 Å². The van der Waals surface area contributed by atoms with Crippen LogP contribution >= 0.6 is 0 Å². The van der Waals surface area contributed by atoms with Gasteiger partial charge in [0.1, 0.15) is 12.4 Å². The topological polar surface area (TPSA) is 66.3 Å². The van der Waals surface area contributed by atoms with E-state index in [1.807, 2.05) is 6.07 Å². The van der Waals surface area contributed by atoms with Gasteiger partial charge in [0.25, 0.3) is 0 Å². The summed E-state index contributed by atoms with van der Waals surface area (Å²) in [4.78, 5) is 16.6. The zero-order valence-electron chi connectivity index (χ0n) is 15.1. The number of para-hydroxylation sites is 1. The lowest BCUT2D eigenvalue weighted by molar-refractivity contribution is -0.129. The number of rotatable bonds is 7. The molecule has 0 bridgehead atoms. The maximum absolute atomic E-state index is 12.2. The number of aliphatic imine (C=N–C) groups is 1. The number of ether oxygens (including phenoxy) is 4. The molecule has 3 rings (SSSR count). The fourth-order valence-corrected chi connectivity index (χ4v) is 2.52. The van der Waals surface area contributed by atoms with Crippen molar-refractivity contribution in [2.45, 2.75) is 0 Å². The van der Waals surface area contributed by atoms with E-state index < -0.39 is 5.97 Å². The third-order valence-electron chi connectivity index (χ3n) is 3.82. The lowest BCUT2D eigenvalue weighted by Crippen LogP contribution is -2.05. The maximum atomic E-state index is 12.2. The van der Waals surface area contributed by atoms with Crippen molar-refractivity contribution in [1.82, 2.24) is 0 Å². The van der Waals surface area contributed by atoms with Crippen molar-refractivity contribution in [1.29, 1.82) is 0 Å². The molecule has 0 atom stereocenters. The summed E-state index contributed by atoms with van der Waals surface area (Å²) in [7, 11) is 3.14. The molecule has 0 aromatic heterocycles. The van der Waals surface area contributed by atoms with Gasteiger partial charge in [-0.05, 0) is 36.4 Å². The first-order valence-electron chi connectivity index (χ1n) is 8.24.